The van der Waals surface area contributed by atoms with Gasteiger partial charge in [0.2, 0.25) is 0 Å². The van der Waals surface area contributed by atoms with Crippen LogP contribution in [0.5, 0.6) is 0 Å². The van der Waals surface area contributed by atoms with E-state index in [1.807, 2.05) is 6.07 Å². The molecule has 0 aliphatic carbocycles. The van der Waals surface area contributed by atoms with E-state index in [1.165, 1.54) is 0 Å². The van der Waals surface area contributed by atoms with Crippen LogP contribution in [0, 0.1) is 11.8 Å². The molecule has 0 aromatic carbocycles. The van der Waals surface area contributed by atoms with Crippen LogP contribution < -0.4 is 0 Å². The third-order valence-electron chi connectivity index (χ3n) is 1.11. The van der Waals surface area contributed by atoms with Gasteiger partial charge in [-0.3, -0.25) is 0 Å². The van der Waals surface area contributed by atoms with Gasteiger partial charge in [-0.05, 0) is 6.07 Å². The summed E-state index contributed by atoms with van der Waals surface area (Å²) in [7, 11) is 0. The molecule has 0 unspecified atom stereocenters. The minimum absolute atomic E-state index is 0.664. The molecule has 5 nitrogen and oxygen atoms in total. The van der Waals surface area contributed by atoms with Gasteiger partial charge in [-0.2, -0.15) is 5.10 Å². The van der Waals surface area contributed by atoms with Gasteiger partial charge in [0.15, 0.2) is 5.65 Å². The molecule has 0 saturated carbocycles. The van der Waals surface area contributed by atoms with Crippen molar-refractivity contribution in [3.05, 3.63) is 18.6 Å². The molecule has 0 amide bonds. The van der Waals surface area contributed by atoms with Crippen molar-refractivity contribution < 1.29 is 0 Å². The summed E-state index contributed by atoms with van der Waals surface area (Å²) >= 11 is 0. The molecule has 0 spiro atoms. The van der Waals surface area contributed by atoms with Gasteiger partial charge in [-0.1, -0.05) is 0 Å². The van der Waals surface area contributed by atoms with Crippen LogP contribution in [-0.4, -0.2) is 20.2 Å². The monoisotopic (exact) mass is 147 g/mol. The topological polar surface area (TPSA) is 78.2 Å². The number of nitrogens with zero attached hydrogens (tertiary/aromatic N) is 4. The number of aromatic amines is 1. The van der Waals surface area contributed by atoms with Crippen LogP contribution in [-0.2, 0) is 0 Å². The number of fused-ring (bicyclic) bond motifs is 1. The third kappa shape index (κ3) is 1.30. The predicted molar refractivity (Wildman–Crippen MR) is 38.4 cm³/mol. The number of hydrogen-bond acceptors (Lipinski definition) is 4. The Balaban J connectivity index is 0.000000281. The summed E-state index contributed by atoms with van der Waals surface area (Å²) in [5, 5.41) is 13.9. The minimum atomic E-state index is 0.664. The minimum Gasteiger partial charge on any atom is -0.343 e. The fourth-order valence-electron chi connectivity index (χ4n) is 0.695. The lowest BCUT2D eigenvalue weighted by Crippen LogP contribution is -1.78. The van der Waals surface area contributed by atoms with E-state index in [-0.39, 0.29) is 0 Å². The molecule has 0 saturated heterocycles. The van der Waals surface area contributed by atoms with Crippen LogP contribution in [0.4, 0.5) is 0 Å². The van der Waals surface area contributed by atoms with E-state index in [1.54, 1.807) is 12.5 Å². The maximum atomic E-state index is 6.50. The Morgan fingerprint density at radius 1 is 1.45 bits per heavy atom. The largest absolute Gasteiger partial charge is 0.343 e. The summed E-state index contributed by atoms with van der Waals surface area (Å²) in [6.45, 7) is 3.50. The normalized spacial score (nSPS) is 8.55. The molecule has 54 valence electrons. The number of H-pyrrole nitrogens is 1. The molecular formula is C6H5N5. The third-order valence-corrected chi connectivity index (χ3v) is 1.11. The molecule has 2 rings (SSSR count). The molecule has 5 heteroatoms. The van der Waals surface area contributed by atoms with Gasteiger partial charge in [0, 0.05) is 6.57 Å². The van der Waals surface area contributed by atoms with Gasteiger partial charge in [-0.15, -0.1) is 5.10 Å². The Labute approximate surface area is 62.7 Å². The summed E-state index contributed by atoms with van der Waals surface area (Å²) < 4.78 is 0. The average Bonchev–Trinajstić information content (AvgIpc) is 2.55. The number of nitriles is 1. The van der Waals surface area contributed by atoms with E-state index < -0.39 is 0 Å². The summed E-state index contributed by atoms with van der Waals surface area (Å²) in [6.07, 6.45) is 3.22. The van der Waals surface area contributed by atoms with Gasteiger partial charge in [0.25, 0.3) is 0 Å². The highest BCUT2D eigenvalue weighted by atomic mass is 15.1. The van der Waals surface area contributed by atoms with Crippen molar-refractivity contribution in [2.24, 2.45) is 0 Å². The van der Waals surface area contributed by atoms with Gasteiger partial charge in [0.05, 0.1) is 18.0 Å². The van der Waals surface area contributed by atoms with Crippen molar-refractivity contribution in [2.75, 3.05) is 0 Å². The number of rotatable bonds is 0. The predicted octanol–water partition coefficient (Wildman–Crippen LogP) is 0.493. The van der Waals surface area contributed by atoms with E-state index in [4.69, 9.17) is 5.26 Å². The maximum Gasteiger partial charge on any atom is 0.199 e. The summed E-state index contributed by atoms with van der Waals surface area (Å²) in [5.74, 6) is 0. The first-order valence-corrected chi connectivity index (χ1v) is 2.83. The van der Waals surface area contributed by atoms with E-state index in [9.17, 15) is 0 Å². The van der Waals surface area contributed by atoms with Gasteiger partial charge >= 0.3 is 0 Å². The maximum absolute atomic E-state index is 6.50. The van der Waals surface area contributed by atoms with E-state index in [0.29, 0.717) is 5.65 Å². The zero-order valence-electron chi connectivity index (χ0n) is 5.60. The SMILES string of the molecule is C#N.c1cc2[nH]cnc2nn1. The lowest BCUT2D eigenvalue weighted by molar-refractivity contribution is 1.06. The number of imidazole rings is 1. The van der Waals surface area contributed by atoms with Crippen molar-refractivity contribution in [1.29, 1.82) is 5.26 Å². The van der Waals surface area contributed by atoms with Crippen LogP contribution in [0.25, 0.3) is 11.2 Å². The first-order valence-electron chi connectivity index (χ1n) is 2.83. The lowest BCUT2D eigenvalue weighted by Gasteiger charge is -1.79. The van der Waals surface area contributed by atoms with Gasteiger partial charge in [0.1, 0.15) is 0 Å². The zero-order valence-corrected chi connectivity index (χ0v) is 5.60. The summed E-state index contributed by atoms with van der Waals surface area (Å²) in [4.78, 5) is 6.80. The molecular weight excluding hydrogens is 142 g/mol. The Morgan fingerprint density at radius 2 is 2.27 bits per heavy atom. The first-order chi connectivity index (χ1) is 5.47. The highest BCUT2D eigenvalue weighted by molar-refractivity contribution is 5.67. The van der Waals surface area contributed by atoms with E-state index in [0.717, 1.165) is 5.52 Å². The molecule has 0 bridgehead atoms. The standard InChI is InChI=1S/C5H4N4.CHN/c1-2-8-9-5-4(1)6-3-7-5;1-2/h1-3H,(H,6,7,9);1H. The molecule has 0 aliphatic rings. The second-order valence-corrected chi connectivity index (χ2v) is 1.67. The molecule has 0 radical (unpaired) electrons. The number of aromatic nitrogens is 4. The van der Waals surface area contributed by atoms with Crippen molar-refractivity contribution in [3.8, 4) is 6.57 Å². The van der Waals surface area contributed by atoms with E-state index in [2.05, 4.69) is 26.7 Å². The molecule has 2 aromatic rings. The summed E-state index contributed by atoms with van der Waals surface area (Å²) in [5.41, 5.74) is 1.59. The Bertz CT molecular complexity index is 320. The van der Waals surface area contributed by atoms with Crippen molar-refractivity contribution >= 4 is 11.2 Å². The highest BCUT2D eigenvalue weighted by Gasteiger charge is 1.91. The molecule has 1 N–H and O–H groups in total. The summed E-state index contributed by atoms with van der Waals surface area (Å²) in [6, 6.07) is 1.83. The molecule has 11 heavy (non-hydrogen) atoms. The van der Waals surface area contributed by atoms with Gasteiger partial charge in [-0.25, -0.2) is 10.2 Å². The van der Waals surface area contributed by atoms with Crippen LogP contribution in [0.1, 0.15) is 0 Å². The molecule has 0 fully saturated rings. The Kier molecular flexibility index (Phi) is 2.13. The van der Waals surface area contributed by atoms with Crippen molar-refractivity contribution in [3.63, 3.8) is 0 Å². The van der Waals surface area contributed by atoms with Crippen LogP contribution in [0.3, 0.4) is 0 Å². The van der Waals surface area contributed by atoms with Crippen molar-refractivity contribution in [1.82, 2.24) is 20.2 Å². The van der Waals surface area contributed by atoms with Crippen LogP contribution >= 0.6 is 0 Å². The second-order valence-electron chi connectivity index (χ2n) is 1.67. The second kappa shape index (κ2) is 3.27. The Hall–Kier alpha value is -1.96. The fourth-order valence-corrected chi connectivity index (χ4v) is 0.695. The van der Waals surface area contributed by atoms with Crippen LogP contribution in [0.2, 0.25) is 0 Å². The quantitative estimate of drug-likeness (QED) is 0.588. The molecule has 2 aromatic heterocycles. The van der Waals surface area contributed by atoms with Crippen LogP contribution in [0.15, 0.2) is 18.6 Å². The number of nitrogens with one attached hydrogen (secondary N) is 1. The van der Waals surface area contributed by atoms with E-state index >= 15 is 0 Å². The van der Waals surface area contributed by atoms with Crippen molar-refractivity contribution in [2.45, 2.75) is 0 Å². The smallest absolute Gasteiger partial charge is 0.199 e. The Morgan fingerprint density at radius 3 is 3.00 bits per heavy atom. The lowest BCUT2D eigenvalue weighted by atomic mass is 10.5. The first kappa shape index (κ1) is 7.15. The molecule has 0 atom stereocenters. The molecule has 0 aliphatic heterocycles. The number of hydrogen-bond donors (Lipinski definition) is 1. The average molecular weight is 147 g/mol. The highest BCUT2D eigenvalue weighted by Crippen LogP contribution is 1.99. The zero-order chi connectivity index (χ0) is 8.10. The van der Waals surface area contributed by atoms with Gasteiger partial charge < -0.3 is 4.98 Å². The fraction of sp³-hybridized carbons (Fsp3) is 0. The molecule has 2 heterocycles.